The molecule has 1 aliphatic heterocycles. The first-order valence-corrected chi connectivity index (χ1v) is 8.87. The molecule has 1 saturated heterocycles. The van der Waals surface area contributed by atoms with Gasteiger partial charge in [-0.25, -0.2) is 0 Å². The van der Waals surface area contributed by atoms with Crippen molar-refractivity contribution in [2.75, 3.05) is 6.54 Å². The molecule has 0 saturated carbocycles. The summed E-state index contributed by atoms with van der Waals surface area (Å²) in [5.74, 6) is -1.48. The number of nitrogens with one attached hydrogen (secondary N) is 1. The van der Waals surface area contributed by atoms with Crippen LogP contribution in [-0.2, 0) is 15.8 Å². The van der Waals surface area contributed by atoms with E-state index in [0.717, 1.165) is 17.0 Å². The zero-order valence-corrected chi connectivity index (χ0v) is 16.1. The van der Waals surface area contributed by atoms with Crippen molar-refractivity contribution in [2.24, 2.45) is 0 Å². The monoisotopic (exact) mass is 440 g/mol. The molecule has 150 valence electrons. The molecule has 10 heteroatoms. The summed E-state index contributed by atoms with van der Waals surface area (Å²) in [7, 11) is 0. The highest BCUT2D eigenvalue weighted by Crippen LogP contribution is 2.39. The van der Waals surface area contributed by atoms with E-state index >= 15 is 0 Å². The van der Waals surface area contributed by atoms with Crippen LogP contribution in [0.3, 0.4) is 0 Å². The second-order valence-electron chi connectivity index (χ2n) is 5.91. The summed E-state index contributed by atoms with van der Waals surface area (Å²) in [6.07, 6.45) is -2.07. The van der Waals surface area contributed by atoms with Crippen molar-refractivity contribution in [2.45, 2.75) is 6.18 Å². The Morgan fingerprint density at radius 1 is 1.24 bits per heavy atom. The zero-order chi connectivity index (χ0) is 21.3. The van der Waals surface area contributed by atoms with Crippen LogP contribution in [0.5, 0.6) is 0 Å². The van der Waals surface area contributed by atoms with Gasteiger partial charge in [0.15, 0.2) is 5.11 Å². The van der Waals surface area contributed by atoms with Gasteiger partial charge >= 0.3 is 6.18 Å². The molecule has 1 N–H and O–H groups in total. The van der Waals surface area contributed by atoms with Crippen molar-refractivity contribution >= 4 is 46.8 Å². The predicted molar refractivity (Wildman–Crippen MR) is 105 cm³/mol. The lowest BCUT2D eigenvalue weighted by Gasteiger charge is -2.27. The molecule has 1 aromatic carbocycles. The fraction of sp³-hybridized carbons (Fsp3) is 0.105. The third-order valence-electron chi connectivity index (χ3n) is 3.96. The number of carbonyl (C=O) groups excluding carboxylic acids is 2. The molecule has 0 bridgehead atoms. The van der Waals surface area contributed by atoms with E-state index in [2.05, 4.69) is 11.9 Å². The van der Waals surface area contributed by atoms with Gasteiger partial charge in [0.05, 0.1) is 5.56 Å². The standard InChI is InChI=1S/C19H12ClF3N2O3S/c1-2-7-25-17(27)13(16(26)24-18(25)29)9-11-4-6-15(28-11)12-5-3-10(20)8-14(12)19(21,22)23/h2-6,8-9H,1,7H2,(H,24,26,29). The number of rotatable bonds is 4. The Kier molecular flexibility index (Phi) is 5.63. The van der Waals surface area contributed by atoms with Crippen molar-refractivity contribution in [3.8, 4) is 11.3 Å². The van der Waals surface area contributed by atoms with Gasteiger partial charge in [-0.1, -0.05) is 17.7 Å². The van der Waals surface area contributed by atoms with E-state index in [1.54, 1.807) is 0 Å². The number of benzene rings is 1. The van der Waals surface area contributed by atoms with Crippen LogP contribution in [0, 0.1) is 0 Å². The molecular formula is C19H12ClF3N2O3S. The predicted octanol–water partition coefficient (Wildman–Crippen LogP) is 4.43. The molecule has 0 unspecified atom stereocenters. The van der Waals surface area contributed by atoms with E-state index in [9.17, 15) is 22.8 Å². The van der Waals surface area contributed by atoms with Gasteiger partial charge in [0.2, 0.25) is 0 Å². The lowest BCUT2D eigenvalue weighted by molar-refractivity contribution is -0.137. The van der Waals surface area contributed by atoms with Crippen LogP contribution in [0.1, 0.15) is 11.3 Å². The molecule has 0 spiro atoms. The summed E-state index contributed by atoms with van der Waals surface area (Å²) in [5.41, 5.74) is -1.46. The molecule has 1 aliphatic rings. The maximum Gasteiger partial charge on any atom is 0.417 e. The van der Waals surface area contributed by atoms with E-state index < -0.39 is 23.6 Å². The fourth-order valence-electron chi connectivity index (χ4n) is 2.67. The molecule has 29 heavy (non-hydrogen) atoms. The third-order valence-corrected chi connectivity index (χ3v) is 4.52. The van der Waals surface area contributed by atoms with Crippen LogP contribution in [0.15, 0.2) is 53.0 Å². The summed E-state index contributed by atoms with van der Waals surface area (Å²) in [6.45, 7) is 3.60. The van der Waals surface area contributed by atoms with E-state index in [1.165, 1.54) is 30.3 Å². The highest BCUT2D eigenvalue weighted by Gasteiger charge is 2.35. The summed E-state index contributed by atoms with van der Waals surface area (Å²) in [4.78, 5) is 25.7. The van der Waals surface area contributed by atoms with Gasteiger partial charge in [0.1, 0.15) is 17.1 Å². The van der Waals surface area contributed by atoms with Crippen LogP contribution in [0.4, 0.5) is 13.2 Å². The van der Waals surface area contributed by atoms with E-state index in [0.29, 0.717) is 0 Å². The van der Waals surface area contributed by atoms with Gasteiger partial charge in [0.25, 0.3) is 11.8 Å². The van der Waals surface area contributed by atoms with Gasteiger partial charge in [0, 0.05) is 17.1 Å². The second kappa shape index (κ2) is 7.84. The Labute approximate surface area is 173 Å². The quantitative estimate of drug-likeness (QED) is 0.330. The Morgan fingerprint density at radius 2 is 1.97 bits per heavy atom. The van der Waals surface area contributed by atoms with Crippen molar-refractivity contribution < 1.29 is 27.2 Å². The zero-order valence-electron chi connectivity index (χ0n) is 14.5. The summed E-state index contributed by atoms with van der Waals surface area (Å²) in [6, 6.07) is 5.94. The molecule has 5 nitrogen and oxygen atoms in total. The van der Waals surface area contributed by atoms with Gasteiger partial charge in [-0.15, -0.1) is 6.58 Å². The molecule has 1 aromatic heterocycles. The van der Waals surface area contributed by atoms with Crippen LogP contribution in [-0.4, -0.2) is 28.4 Å². The average Bonchev–Trinajstić information content (AvgIpc) is 3.10. The molecule has 2 heterocycles. The summed E-state index contributed by atoms with van der Waals surface area (Å²) in [5, 5.41) is 2.23. The highest BCUT2D eigenvalue weighted by molar-refractivity contribution is 7.80. The van der Waals surface area contributed by atoms with Crippen molar-refractivity contribution in [1.82, 2.24) is 10.2 Å². The molecule has 2 amide bonds. The summed E-state index contributed by atoms with van der Waals surface area (Å²) < 4.78 is 45.4. The molecule has 2 aromatic rings. The normalized spacial score (nSPS) is 16.3. The first-order valence-electron chi connectivity index (χ1n) is 8.08. The number of hydrogen-bond acceptors (Lipinski definition) is 4. The second-order valence-corrected chi connectivity index (χ2v) is 6.73. The number of furan rings is 1. The summed E-state index contributed by atoms with van der Waals surface area (Å²) >= 11 is 10.6. The number of hydrogen-bond donors (Lipinski definition) is 1. The number of nitrogens with zero attached hydrogens (tertiary/aromatic N) is 1. The van der Waals surface area contributed by atoms with Crippen LogP contribution in [0.2, 0.25) is 5.02 Å². The van der Waals surface area contributed by atoms with E-state index in [4.69, 9.17) is 28.2 Å². The molecule has 0 aliphatic carbocycles. The smallest absolute Gasteiger partial charge is 0.417 e. The largest absolute Gasteiger partial charge is 0.457 e. The van der Waals surface area contributed by atoms with Crippen molar-refractivity contribution in [3.63, 3.8) is 0 Å². The minimum Gasteiger partial charge on any atom is -0.457 e. The van der Waals surface area contributed by atoms with Crippen LogP contribution in [0.25, 0.3) is 17.4 Å². The third kappa shape index (κ3) is 4.25. The molecule has 3 rings (SSSR count). The van der Waals surface area contributed by atoms with Gasteiger partial charge in [-0.2, -0.15) is 13.2 Å². The maximum absolute atomic E-state index is 13.3. The minimum atomic E-state index is -4.65. The number of alkyl halides is 3. The minimum absolute atomic E-state index is 0.0212. The maximum atomic E-state index is 13.3. The topological polar surface area (TPSA) is 62.6 Å². The van der Waals surface area contributed by atoms with Crippen molar-refractivity contribution in [3.05, 3.63) is 64.9 Å². The van der Waals surface area contributed by atoms with E-state index in [-0.39, 0.29) is 39.3 Å². The molecule has 0 radical (unpaired) electrons. The van der Waals surface area contributed by atoms with Gasteiger partial charge in [-0.3, -0.25) is 19.8 Å². The van der Waals surface area contributed by atoms with Gasteiger partial charge in [-0.05, 0) is 48.6 Å². The Balaban J connectivity index is 1.99. The Hall–Kier alpha value is -2.91. The fourth-order valence-corrected chi connectivity index (χ4v) is 3.09. The molecule has 1 fully saturated rings. The first kappa shape index (κ1) is 20.8. The lowest BCUT2D eigenvalue weighted by atomic mass is 10.1. The Bertz CT molecular complexity index is 1060. The number of thiocarbonyl (C=S) groups is 1. The average molecular weight is 441 g/mol. The Morgan fingerprint density at radius 3 is 2.62 bits per heavy atom. The molecular weight excluding hydrogens is 429 g/mol. The van der Waals surface area contributed by atoms with Gasteiger partial charge < -0.3 is 4.42 Å². The number of carbonyl (C=O) groups is 2. The first-order chi connectivity index (χ1) is 13.6. The highest BCUT2D eigenvalue weighted by atomic mass is 35.5. The van der Waals surface area contributed by atoms with Crippen LogP contribution >= 0.6 is 23.8 Å². The number of halogens is 4. The van der Waals surface area contributed by atoms with E-state index in [1.807, 2.05) is 0 Å². The van der Waals surface area contributed by atoms with Crippen LogP contribution < -0.4 is 5.32 Å². The lowest BCUT2D eigenvalue weighted by Crippen LogP contribution is -2.53. The molecule has 0 atom stereocenters. The van der Waals surface area contributed by atoms with Crippen molar-refractivity contribution in [1.29, 1.82) is 0 Å². The number of amides is 2. The SMILES string of the molecule is C=CCN1C(=O)C(=Cc2ccc(-c3ccc(Cl)cc3C(F)(F)F)o2)C(=O)NC1=S.